The number of anilines is 1. The van der Waals surface area contributed by atoms with E-state index in [2.05, 4.69) is 5.10 Å². The van der Waals surface area contributed by atoms with E-state index in [1.54, 1.807) is 0 Å². The summed E-state index contributed by atoms with van der Waals surface area (Å²) < 4.78 is 67.0. The van der Waals surface area contributed by atoms with Crippen LogP contribution in [0.3, 0.4) is 0 Å². The fraction of sp³-hybridized carbons (Fsp3) is 0.400. The van der Waals surface area contributed by atoms with E-state index in [-0.39, 0.29) is 35.2 Å². The maximum Gasteiger partial charge on any atom is 0.418 e. The van der Waals surface area contributed by atoms with Crippen molar-refractivity contribution in [3.63, 3.8) is 0 Å². The van der Waals surface area contributed by atoms with Crippen molar-refractivity contribution in [2.45, 2.75) is 43.8 Å². The summed E-state index contributed by atoms with van der Waals surface area (Å²) in [4.78, 5) is 0. The van der Waals surface area contributed by atoms with Crippen molar-refractivity contribution in [1.29, 1.82) is 0 Å². The molecule has 0 spiro atoms. The molecule has 0 bridgehead atoms. The number of aromatic nitrogens is 2. The summed E-state index contributed by atoms with van der Waals surface area (Å²) in [5.41, 5.74) is 6.00. The molecule has 36 heavy (non-hydrogen) atoms. The predicted molar refractivity (Wildman–Crippen MR) is 126 cm³/mol. The summed E-state index contributed by atoms with van der Waals surface area (Å²) in [6.45, 7) is 2.19. The first-order valence-corrected chi connectivity index (χ1v) is 11.8. The first-order valence-electron chi connectivity index (χ1n) is 11.4. The summed E-state index contributed by atoms with van der Waals surface area (Å²) >= 11 is 6.07. The van der Waals surface area contributed by atoms with Gasteiger partial charge in [-0.3, -0.25) is 0 Å². The molecule has 2 aliphatic heterocycles. The molecular formula is C25H25ClF3N3O4. The molecule has 7 nitrogen and oxygen atoms in total. The van der Waals surface area contributed by atoms with Crippen LogP contribution in [0.1, 0.15) is 36.1 Å². The molecule has 6 atom stereocenters. The molecule has 0 radical (unpaired) electrons. The van der Waals surface area contributed by atoms with Crippen molar-refractivity contribution < 1.29 is 32.1 Å². The van der Waals surface area contributed by atoms with E-state index >= 15 is 0 Å². The summed E-state index contributed by atoms with van der Waals surface area (Å²) in [5, 5.41) is 4.28. The molecule has 11 heteroatoms. The third kappa shape index (κ3) is 4.59. The number of nitrogen functional groups attached to an aromatic ring is 1. The van der Waals surface area contributed by atoms with Crippen molar-refractivity contribution in [3.8, 4) is 5.69 Å². The van der Waals surface area contributed by atoms with Crippen molar-refractivity contribution in [3.05, 3.63) is 76.4 Å². The van der Waals surface area contributed by atoms with Gasteiger partial charge in [-0.25, -0.2) is 4.68 Å². The highest BCUT2D eigenvalue weighted by Crippen LogP contribution is 2.44. The van der Waals surface area contributed by atoms with Crippen LogP contribution in [0.15, 0.2) is 54.6 Å². The topological polar surface area (TPSA) is 80.8 Å². The van der Waals surface area contributed by atoms with Crippen LogP contribution in [0.4, 0.5) is 19.0 Å². The Morgan fingerprint density at radius 3 is 2.56 bits per heavy atom. The second-order valence-electron chi connectivity index (χ2n) is 8.90. The number of hydrogen-bond donors (Lipinski definition) is 1. The molecule has 2 N–H and O–H groups in total. The van der Waals surface area contributed by atoms with Gasteiger partial charge < -0.3 is 24.7 Å². The lowest BCUT2D eigenvalue weighted by atomic mass is 9.85. The second-order valence-corrected chi connectivity index (χ2v) is 9.33. The minimum atomic E-state index is -4.64. The molecule has 0 amide bonds. The van der Waals surface area contributed by atoms with E-state index in [1.165, 1.54) is 25.3 Å². The Morgan fingerprint density at radius 2 is 1.86 bits per heavy atom. The normalized spacial score (nSPS) is 28.6. The van der Waals surface area contributed by atoms with Gasteiger partial charge in [0.25, 0.3) is 0 Å². The molecule has 0 saturated carbocycles. The van der Waals surface area contributed by atoms with Crippen LogP contribution >= 0.6 is 11.6 Å². The lowest BCUT2D eigenvalue weighted by molar-refractivity contribution is -0.321. The molecule has 4 unspecified atom stereocenters. The van der Waals surface area contributed by atoms with Gasteiger partial charge in [-0.15, -0.1) is 0 Å². The maximum absolute atomic E-state index is 13.8. The summed E-state index contributed by atoms with van der Waals surface area (Å²) in [6.07, 6.45) is -7.41. The standard InChI is InChI=1S/C25H25ClF3N3O4/c1-13-21-19(12-34-24(36-21)14-6-4-3-5-7-14)35-23(22(13)33-2)18-11-20(30)31-32(18)17-10-15(26)8-9-16(17)25(27,28)29/h3-11,13,19,21-24H,12H2,1-2H3,(H2,30,31)/t13?,19?,21-,22?,23+,24?/m1/s1. The van der Waals surface area contributed by atoms with Gasteiger partial charge in [-0.2, -0.15) is 18.3 Å². The number of rotatable bonds is 4. The number of methoxy groups -OCH3 is 1. The number of halogens is 4. The smallest absolute Gasteiger partial charge is 0.382 e. The Balaban J connectivity index is 1.50. The minimum absolute atomic E-state index is 0.0339. The lowest BCUT2D eigenvalue weighted by Crippen LogP contribution is -2.55. The second kappa shape index (κ2) is 9.68. The molecular weight excluding hydrogens is 499 g/mol. The van der Waals surface area contributed by atoms with Gasteiger partial charge in [0.2, 0.25) is 0 Å². The Morgan fingerprint density at radius 1 is 1.11 bits per heavy atom. The van der Waals surface area contributed by atoms with Crippen LogP contribution in [0.2, 0.25) is 5.02 Å². The van der Waals surface area contributed by atoms with E-state index in [0.717, 1.165) is 16.3 Å². The largest absolute Gasteiger partial charge is 0.418 e. The molecule has 0 aliphatic carbocycles. The van der Waals surface area contributed by atoms with E-state index < -0.39 is 36.3 Å². The number of hydrogen-bond acceptors (Lipinski definition) is 6. The molecule has 2 aromatic carbocycles. The van der Waals surface area contributed by atoms with Gasteiger partial charge in [0.1, 0.15) is 18.0 Å². The first-order chi connectivity index (χ1) is 17.2. The number of alkyl halides is 3. The van der Waals surface area contributed by atoms with Crippen LogP contribution in [0.5, 0.6) is 0 Å². The quantitative estimate of drug-likeness (QED) is 0.498. The van der Waals surface area contributed by atoms with Crippen molar-refractivity contribution >= 4 is 17.4 Å². The Kier molecular flexibility index (Phi) is 6.73. The van der Waals surface area contributed by atoms with Gasteiger partial charge in [-0.05, 0) is 18.2 Å². The third-order valence-electron chi connectivity index (χ3n) is 6.60. The van der Waals surface area contributed by atoms with Crippen molar-refractivity contribution in [1.82, 2.24) is 9.78 Å². The number of fused-ring (bicyclic) bond motifs is 1. The van der Waals surface area contributed by atoms with Gasteiger partial charge in [0, 0.05) is 29.7 Å². The zero-order valence-electron chi connectivity index (χ0n) is 19.5. The van der Waals surface area contributed by atoms with Crippen LogP contribution < -0.4 is 5.73 Å². The highest BCUT2D eigenvalue weighted by Gasteiger charge is 2.50. The lowest BCUT2D eigenvalue weighted by Gasteiger charge is -2.48. The zero-order chi connectivity index (χ0) is 25.6. The zero-order valence-corrected chi connectivity index (χ0v) is 20.2. The number of ether oxygens (including phenoxy) is 4. The van der Waals surface area contributed by atoms with Crippen molar-refractivity contribution in [2.24, 2.45) is 5.92 Å². The molecule has 2 aliphatic rings. The molecule has 2 saturated heterocycles. The molecule has 2 fully saturated rings. The highest BCUT2D eigenvalue weighted by molar-refractivity contribution is 6.30. The summed E-state index contributed by atoms with van der Waals surface area (Å²) in [6, 6.07) is 14.3. The summed E-state index contributed by atoms with van der Waals surface area (Å²) in [7, 11) is 1.52. The average molecular weight is 524 g/mol. The Hall–Kier alpha value is -2.63. The molecule has 1 aromatic heterocycles. The van der Waals surface area contributed by atoms with Crippen molar-refractivity contribution in [2.75, 3.05) is 19.5 Å². The molecule has 3 heterocycles. The number of nitrogens with zero attached hydrogens (tertiary/aromatic N) is 2. The van der Waals surface area contributed by atoms with E-state index in [9.17, 15) is 13.2 Å². The summed E-state index contributed by atoms with van der Waals surface area (Å²) in [5.74, 6) is -0.161. The minimum Gasteiger partial charge on any atom is -0.382 e. The fourth-order valence-corrected chi connectivity index (χ4v) is 5.11. The molecule has 192 valence electrons. The van der Waals surface area contributed by atoms with Gasteiger partial charge >= 0.3 is 6.18 Å². The third-order valence-corrected chi connectivity index (χ3v) is 6.83. The monoisotopic (exact) mass is 523 g/mol. The number of nitrogens with two attached hydrogens (primary N) is 1. The molecule has 3 aromatic rings. The van der Waals surface area contributed by atoms with Crippen LogP contribution in [-0.4, -0.2) is 41.8 Å². The SMILES string of the molecule is COC1C(C)[C@H]2OC(c3ccccc3)OCC2O[C@H]1c1cc(N)nn1-c1cc(Cl)ccc1C(F)(F)F. The van der Waals surface area contributed by atoms with E-state index in [0.29, 0.717) is 5.69 Å². The number of benzene rings is 2. The predicted octanol–water partition coefficient (Wildman–Crippen LogP) is 5.33. The van der Waals surface area contributed by atoms with Gasteiger partial charge in [0.15, 0.2) is 6.29 Å². The van der Waals surface area contributed by atoms with E-state index in [1.807, 2.05) is 37.3 Å². The van der Waals surface area contributed by atoms with E-state index in [4.69, 9.17) is 36.3 Å². The fourth-order valence-electron chi connectivity index (χ4n) is 4.95. The first kappa shape index (κ1) is 25.0. The molecule has 5 rings (SSSR count). The van der Waals surface area contributed by atoms with Crippen LogP contribution in [-0.2, 0) is 25.1 Å². The van der Waals surface area contributed by atoms with Crippen LogP contribution in [0, 0.1) is 5.92 Å². The Bertz CT molecular complexity index is 1220. The van der Waals surface area contributed by atoms with Gasteiger partial charge in [-0.1, -0.05) is 48.9 Å². The van der Waals surface area contributed by atoms with Crippen LogP contribution in [0.25, 0.3) is 5.69 Å². The maximum atomic E-state index is 13.8. The van der Waals surface area contributed by atoms with Gasteiger partial charge in [0.05, 0.1) is 35.8 Å². The average Bonchev–Trinajstić information content (AvgIpc) is 3.25. The Labute approximate surface area is 210 Å². The highest BCUT2D eigenvalue weighted by atomic mass is 35.5.